The number of alkyl halides is 3. The van der Waals surface area contributed by atoms with Crippen molar-refractivity contribution in [2.75, 3.05) is 13.1 Å². The molecule has 2 N–H and O–H groups in total. The van der Waals surface area contributed by atoms with Crippen molar-refractivity contribution >= 4 is 0 Å². The molecule has 1 aromatic carbocycles. The number of aliphatic hydroxyl groups is 1. The van der Waals surface area contributed by atoms with E-state index in [0.717, 1.165) is 11.6 Å². The van der Waals surface area contributed by atoms with Crippen LogP contribution in [0.5, 0.6) is 0 Å². The van der Waals surface area contributed by atoms with Gasteiger partial charge in [0.05, 0.1) is 24.4 Å². The van der Waals surface area contributed by atoms with Crippen molar-refractivity contribution in [3.63, 3.8) is 0 Å². The lowest BCUT2D eigenvalue weighted by Gasteiger charge is -2.18. The lowest BCUT2D eigenvalue weighted by Crippen LogP contribution is -2.26. The standard InChI is InChI=1S/C15H18F3N3O/c1-11-8-20-21(10-11)7-6-19-9-14(22)12-4-2-3-5-13(12)15(16,17)18/h2-5,8,10,14,19,22H,6-7,9H2,1H3/t14-/m0/s1. The third kappa shape index (κ3) is 4.32. The number of nitrogens with one attached hydrogen (secondary N) is 1. The van der Waals surface area contributed by atoms with E-state index in [0.29, 0.717) is 13.1 Å². The van der Waals surface area contributed by atoms with E-state index in [1.54, 1.807) is 10.9 Å². The van der Waals surface area contributed by atoms with Gasteiger partial charge in [0.1, 0.15) is 0 Å². The molecule has 1 aromatic heterocycles. The number of hydrogen-bond acceptors (Lipinski definition) is 3. The van der Waals surface area contributed by atoms with Crippen LogP contribution >= 0.6 is 0 Å². The minimum Gasteiger partial charge on any atom is -0.387 e. The van der Waals surface area contributed by atoms with Gasteiger partial charge in [-0.1, -0.05) is 18.2 Å². The van der Waals surface area contributed by atoms with E-state index in [9.17, 15) is 18.3 Å². The fourth-order valence-corrected chi connectivity index (χ4v) is 2.18. The Hall–Kier alpha value is -1.86. The van der Waals surface area contributed by atoms with Gasteiger partial charge in [0, 0.05) is 19.3 Å². The fraction of sp³-hybridized carbons (Fsp3) is 0.400. The van der Waals surface area contributed by atoms with Gasteiger partial charge >= 0.3 is 6.18 Å². The van der Waals surface area contributed by atoms with E-state index < -0.39 is 17.8 Å². The summed E-state index contributed by atoms with van der Waals surface area (Å²) in [5, 5.41) is 17.0. The van der Waals surface area contributed by atoms with Gasteiger partial charge in [-0.05, 0) is 24.1 Å². The van der Waals surface area contributed by atoms with E-state index in [4.69, 9.17) is 0 Å². The number of rotatable bonds is 6. The number of benzene rings is 1. The second-order valence-electron chi connectivity index (χ2n) is 5.09. The predicted molar refractivity (Wildman–Crippen MR) is 76.2 cm³/mol. The molecular weight excluding hydrogens is 295 g/mol. The van der Waals surface area contributed by atoms with E-state index in [2.05, 4.69) is 10.4 Å². The molecule has 4 nitrogen and oxygen atoms in total. The predicted octanol–water partition coefficient (Wildman–Crippen LogP) is 2.53. The number of aliphatic hydroxyl groups excluding tert-OH is 1. The molecule has 0 aliphatic carbocycles. The van der Waals surface area contributed by atoms with E-state index >= 15 is 0 Å². The maximum atomic E-state index is 12.9. The first-order chi connectivity index (χ1) is 10.4. The molecule has 0 unspecified atom stereocenters. The van der Waals surface area contributed by atoms with Gasteiger partial charge in [-0.15, -0.1) is 0 Å². The van der Waals surface area contributed by atoms with Crippen LogP contribution in [0.15, 0.2) is 36.7 Å². The Morgan fingerprint density at radius 3 is 2.68 bits per heavy atom. The highest BCUT2D eigenvalue weighted by atomic mass is 19.4. The van der Waals surface area contributed by atoms with Gasteiger partial charge < -0.3 is 10.4 Å². The highest BCUT2D eigenvalue weighted by Gasteiger charge is 2.34. The summed E-state index contributed by atoms with van der Waals surface area (Å²) in [6, 6.07) is 5.07. The van der Waals surface area contributed by atoms with Crippen LogP contribution in [0.2, 0.25) is 0 Å². The molecule has 1 atom stereocenters. The molecule has 22 heavy (non-hydrogen) atoms. The van der Waals surface area contributed by atoms with Crippen molar-refractivity contribution in [1.29, 1.82) is 0 Å². The topological polar surface area (TPSA) is 50.1 Å². The highest BCUT2D eigenvalue weighted by Crippen LogP contribution is 2.34. The van der Waals surface area contributed by atoms with Crippen LogP contribution in [0.4, 0.5) is 13.2 Å². The summed E-state index contributed by atoms with van der Waals surface area (Å²) in [7, 11) is 0. The van der Waals surface area contributed by atoms with E-state index in [-0.39, 0.29) is 12.1 Å². The molecule has 0 bridgehead atoms. The SMILES string of the molecule is Cc1cnn(CCNC[C@H](O)c2ccccc2C(F)(F)F)c1. The van der Waals surface area contributed by atoms with Crippen LogP contribution in [0.1, 0.15) is 22.8 Å². The van der Waals surface area contributed by atoms with Gasteiger partial charge in [-0.2, -0.15) is 18.3 Å². The summed E-state index contributed by atoms with van der Waals surface area (Å²) in [5.74, 6) is 0. The molecule has 0 saturated carbocycles. The molecule has 0 saturated heterocycles. The first-order valence-electron chi connectivity index (χ1n) is 6.92. The molecule has 0 amide bonds. The van der Waals surface area contributed by atoms with Crippen LogP contribution in [-0.2, 0) is 12.7 Å². The van der Waals surface area contributed by atoms with Crippen molar-refractivity contribution in [2.45, 2.75) is 25.7 Å². The molecule has 0 aliphatic rings. The monoisotopic (exact) mass is 313 g/mol. The first kappa shape index (κ1) is 16.5. The van der Waals surface area contributed by atoms with Crippen molar-refractivity contribution in [3.8, 4) is 0 Å². The number of aromatic nitrogens is 2. The summed E-state index contributed by atoms with van der Waals surface area (Å²) >= 11 is 0. The molecule has 120 valence electrons. The highest BCUT2D eigenvalue weighted by molar-refractivity contribution is 5.31. The summed E-state index contributed by atoms with van der Waals surface area (Å²) in [6.45, 7) is 3.07. The molecule has 1 heterocycles. The second kappa shape index (κ2) is 6.93. The van der Waals surface area contributed by atoms with Crippen molar-refractivity contribution in [1.82, 2.24) is 15.1 Å². The number of halogens is 3. The molecule has 0 radical (unpaired) electrons. The Bertz CT molecular complexity index is 610. The van der Waals surface area contributed by atoms with Gasteiger partial charge in [0.15, 0.2) is 0 Å². The van der Waals surface area contributed by atoms with Crippen LogP contribution in [0, 0.1) is 6.92 Å². The Balaban J connectivity index is 1.88. The van der Waals surface area contributed by atoms with Crippen molar-refractivity contribution in [2.24, 2.45) is 0 Å². The lowest BCUT2D eigenvalue weighted by molar-refractivity contribution is -0.139. The molecule has 7 heteroatoms. The molecule has 0 aliphatic heterocycles. The molecule has 0 fully saturated rings. The van der Waals surface area contributed by atoms with Gasteiger partial charge in [0.2, 0.25) is 0 Å². The molecule has 2 aromatic rings. The van der Waals surface area contributed by atoms with E-state index in [1.807, 2.05) is 13.1 Å². The Labute approximate surface area is 126 Å². The number of nitrogens with zero attached hydrogens (tertiary/aromatic N) is 2. The molecule has 2 rings (SSSR count). The van der Waals surface area contributed by atoms with Gasteiger partial charge in [-0.25, -0.2) is 0 Å². The zero-order valence-electron chi connectivity index (χ0n) is 12.1. The summed E-state index contributed by atoms with van der Waals surface area (Å²) in [4.78, 5) is 0. The third-order valence-electron chi connectivity index (χ3n) is 3.24. The molecule has 0 spiro atoms. The Morgan fingerprint density at radius 2 is 2.05 bits per heavy atom. The van der Waals surface area contributed by atoms with Gasteiger partial charge in [0.25, 0.3) is 0 Å². The van der Waals surface area contributed by atoms with Crippen LogP contribution in [0.25, 0.3) is 0 Å². The fourth-order valence-electron chi connectivity index (χ4n) is 2.18. The Kier molecular flexibility index (Phi) is 5.20. The number of aryl methyl sites for hydroxylation is 1. The van der Waals surface area contributed by atoms with Crippen LogP contribution in [0.3, 0.4) is 0 Å². The normalized spacial score (nSPS) is 13.3. The van der Waals surface area contributed by atoms with E-state index in [1.165, 1.54) is 18.2 Å². The van der Waals surface area contributed by atoms with Crippen LogP contribution in [-0.4, -0.2) is 28.0 Å². The lowest BCUT2D eigenvalue weighted by atomic mass is 10.0. The summed E-state index contributed by atoms with van der Waals surface area (Å²) < 4.78 is 40.4. The Morgan fingerprint density at radius 1 is 1.32 bits per heavy atom. The molecular formula is C15H18F3N3O. The summed E-state index contributed by atoms with van der Waals surface area (Å²) in [6.07, 6.45) is -2.08. The maximum Gasteiger partial charge on any atom is 0.416 e. The minimum atomic E-state index is -4.47. The zero-order valence-corrected chi connectivity index (χ0v) is 12.1. The second-order valence-corrected chi connectivity index (χ2v) is 5.09. The quantitative estimate of drug-likeness (QED) is 0.806. The average molecular weight is 313 g/mol. The van der Waals surface area contributed by atoms with Gasteiger partial charge in [-0.3, -0.25) is 4.68 Å². The summed E-state index contributed by atoms with van der Waals surface area (Å²) in [5.41, 5.74) is 0.128. The zero-order chi connectivity index (χ0) is 16.2. The van der Waals surface area contributed by atoms with Crippen LogP contribution < -0.4 is 5.32 Å². The third-order valence-corrected chi connectivity index (χ3v) is 3.24. The first-order valence-corrected chi connectivity index (χ1v) is 6.92. The minimum absolute atomic E-state index is 0.0490. The average Bonchev–Trinajstić information content (AvgIpc) is 2.88. The maximum absolute atomic E-state index is 12.9. The number of hydrogen-bond donors (Lipinski definition) is 2. The smallest absolute Gasteiger partial charge is 0.387 e. The van der Waals surface area contributed by atoms with Crippen molar-refractivity contribution < 1.29 is 18.3 Å². The largest absolute Gasteiger partial charge is 0.416 e. The van der Waals surface area contributed by atoms with Crippen molar-refractivity contribution in [3.05, 3.63) is 53.3 Å².